The molecule has 0 radical (unpaired) electrons. The van der Waals surface area contributed by atoms with E-state index in [0.29, 0.717) is 24.0 Å². The van der Waals surface area contributed by atoms with Crippen molar-refractivity contribution < 1.29 is 9.26 Å². The Hall–Kier alpha value is -1.82. The van der Waals surface area contributed by atoms with Crippen LogP contribution in [0.4, 0.5) is 0 Å². The van der Waals surface area contributed by atoms with Crippen molar-refractivity contribution in [3.8, 4) is 11.6 Å². The Balaban J connectivity index is 2.25. The molecular weight excluding hydrogens is 196 g/mol. The molecule has 0 N–H and O–H groups in total. The molecule has 15 heavy (non-hydrogen) atoms. The third kappa shape index (κ3) is 2.16. The maximum atomic E-state index is 5.00. The summed E-state index contributed by atoms with van der Waals surface area (Å²) in [5, 5.41) is 3.73. The highest BCUT2D eigenvalue weighted by Crippen LogP contribution is 2.12. The third-order valence-electron chi connectivity index (χ3n) is 1.74. The van der Waals surface area contributed by atoms with Crippen molar-refractivity contribution in [1.82, 2.24) is 20.1 Å². The van der Waals surface area contributed by atoms with Crippen molar-refractivity contribution >= 4 is 0 Å². The molecule has 0 aliphatic rings. The van der Waals surface area contributed by atoms with Crippen molar-refractivity contribution in [1.29, 1.82) is 0 Å². The number of hydrogen-bond acceptors (Lipinski definition) is 6. The summed E-state index contributed by atoms with van der Waals surface area (Å²) in [5.41, 5.74) is 1.41. The molecule has 0 unspecified atom stereocenters. The molecule has 0 amide bonds. The minimum absolute atomic E-state index is 0.322. The van der Waals surface area contributed by atoms with Gasteiger partial charge in [0.15, 0.2) is 5.82 Å². The largest absolute Gasteiger partial charge is 0.377 e. The molecule has 0 aliphatic heterocycles. The van der Waals surface area contributed by atoms with E-state index in [9.17, 15) is 0 Å². The molecule has 2 heterocycles. The summed E-state index contributed by atoms with van der Waals surface area (Å²) in [6, 6.07) is 0. The average Bonchev–Trinajstić information content (AvgIpc) is 2.68. The Morgan fingerprint density at radius 2 is 2.20 bits per heavy atom. The molecule has 0 saturated heterocycles. The monoisotopic (exact) mass is 206 g/mol. The van der Waals surface area contributed by atoms with Crippen LogP contribution in [0.15, 0.2) is 16.9 Å². The van der Waals surface area contributed by atoms with E-state index >= 15 is 0 Å². The van der Waals surface area contributed by atoms with Gasteiger partial charge in [-0.2, -0.15) is 4.98 Å². The molecular formula is C9H10N4O2. The lowest BCUT2D eigenvalue weighted by atomic mass is 10.4. The highest BCUT2D eigenvalue weighted by Gasteiger charge is 2.09. The van der Waals surface area contributed by atoms with Crippen molar-refractivity contribution in [3.05, 3.63) is 23.9 Å². The number of nitrogens with zero attached hydrogens (tertiary/aromatic N) is 4. The van der Waals surface area contributed by atoms with Gasteiger partial charge in [-0.05, 0) is 6.92 Å². The van der Waals surface area contributed by atoms with Crippen molar-refractivity contribution in [2.45, 2.75) is 13.5 Å². The molecule has 2 rings (SSSR count). The van der Waals surface area contributed by atoms with Gasteiger partial charge in [0.2, 0.25) is 0 Å². The van der Waals surface area contributed by atoms with Gasteiger partial charge < -0.3 is 9.26 Å². The van der Waals surface area contributed by atoms with Crippen LogP contribution >= 0.6 is 0 Å². The third-order valence-corrected chi connectivity index (χ3v) is 1.74. The Morgan fingerprint density at radius 1 is 1.33 bits per heavy atom. The first kappa shape index (κ1) is 9.72. The van der Waals surface area contributed by atoms with Gasteiger partial charge in [0, 0.05) is 13.3 Å². The lowest BCUT2D eigenvalue weighted by Crippen LogP contribution is -1.91. The van der Waals surface area contributed by atoms with Gasteiger partial charge in [-0.15, -0.1) is 0 Å². The van der Waals surface area contributed by atoms with Crippen LogP contribution in [0.25, 0.3) is 11.6 Å². The molecule has 0 aliphatic carbocycles. The van der Waals surface area contributed by atoms with Gasteiger partial charge in [-0.25, -0.2) is 4.98 Å². The number of hydrogen-bond donors (Lipinski definition) is 0. The molecule has 6 heteroatoms. The molecule has 0 bridgehead atoms. The van der Waals surface area contributed by atoms with Crippen molar-refractivity contribution in [2.24, 2.45) is 0 Å². The van der Waals surface area contributed by atoms with E-state index in [1.165, 1.54) is 0 Å². The predicted molar refractivity (Wildman–Crippen MR) is 50.8 cm³/mol. The van der Waals surface area contributed by atoms with Crippen LogP contribution in [-0.4, -0.2) is 27.2 Å². The summed E-state index contributed by atoms with van der Waals surface area (Å²) in [6.45, 7) is 2.18. The average molecular weight is 206 g/mol. The van der Waals surface area contributed by atoms with Crippen LogP contribution in [0.5, 0.6) is 0 Å². The van der Waals surface area contributed by atoms with Gasteiger partial charge in [-0.3, -0.25) is 4.98 Å². The number of ether oxygens (including phenoxy) is 1. The van der Waals surface area contributed by atoms with Crippen LogP contribution < -0.4 is 0 Å². The second-order valence-electron chi connectivity index (χ2n) is 2.99. The van der Waals surface area contributed by atoms with Crippen LogP contribution in [0.3, 0.4) is 0 Å². The topological polar surface area (TPSA) is 73.9 Å². The molecule has 0 fully saturated rings. The smallest absolute Gasteiger partial charge is 0.278 e. The highest BCUT2D eigenvalue weighted by molar-refractivity contribution is 5.43. The van der Waals surface area contributed by atoms with Crippen molar-refractivity contribution in [3.63, 3.8) is 0 Å². The van der Waals surface area contributed by atoms with Crippen LogP contribution in [-0.2, 0) is 11.3 Å². The maximum absolute atomic E-state index is 5.00. The molecule has 0 spiro atoms. The summed E-state index contributed by atoms with van der Waals surface area (Å²) in [5.74, 6) is 0.851. The Kier molecular flexibility index (Phi) is 2.68. The van der Waals surface area contributed by atoms with Gasteiger partial charge in [0.05, 0.1) is 11.9 Å². The maximum Gasteiger partial charge on any atom is 0.278 e. The standard InChI is InChI=1S/C9H10N4O2/c1-6-3-11-7(4-10-6)9-12-8(5-14-2)13-15-9/h3-4H,5H2,1-2H3. The molecule has 6 nitrogen and oxygen atoms in total. The first-order chi connectivity index (χ1) is 7.29. The first-order valence-corrected chi connectivity index (χ1v) is 4.40. The van der Waals surface area contributed by atoms with Gasteiger partial charge in [0.1, 0.15) is 12.3 Å². The highest BCUT2D eigenvalue weighted by atomic mass is 16.5. The van der Waals surface area contributed by atoms with Gasteiger partial charge >= 0.3 is 0 Å². The van der Waals surface area contributed by atoms with E-state index in [1.807, 2.05) is 6.92 Å². The van der Waals surface area contributed by atoms with E-state index in [1.54, 1.807) is 19.5 Å². The summed E-state index contributed by atoms with van der Waals surface area (Å²) in [6.07, 6.45) is 3.24. The Labute approximate surface area is 86.3 Å². The summed E-state index contributed by atoms with van der Waals surface area (Å²) in [4.78, 5) is 12.3. The van der Waals surface area contributed by atoms with E-state index in [-0.39, 0.29) is 0 Å². The zero-order valence-electron chi connectivity index (χ0n) is 8.47. The summed E-state index contributed by atoms with van der Waals surface area (Å²) < 4.78 is 9.87. The van der Waals surface area contributed by atoms with Gasteiger partial charge in [0.25, 0.3) is 5.89 Å². The SMILES string of the molecule is COCc1noc(-c2cnc(C)cn2)n1. The summed E-state index contributed by atoms with van der Waals surface area (Å²) >= 11 is 0. The number of aryl methyl sites for hydroxylation is 1. The molecule has 0 atom stereocenters. The van der Waals surface area contributed by atoms with E-state index in [4.69, 9.17) is 9.26 Å². The second-order valence-corrected chi connectivity index (χ2v) is 2.99. The predicted octanol–water partition coefficient (Wildman–Crippen LogP) is 0.981. The molecule has 78 valence electrons. The van der Waals surface area contributed by atoms with E-state index in [2.05, 4.69) is 20.1 Å². The Bertz CT molecular complexity index is 438. The minimum atomic E-state index is 0.322. The lowest BCUT2D eigenvalue weighted by Gasteiger charge is -1.92. The molecule has 0 saturated carbocycles. The van der Waals surface area contributed by atoms with Crippen LogP contribution in [0.1, 0.15) is 11.5 Å². The zero-order valence-corrected chi connectivity index (χ0v) is 8.47. The van der Waals surface area contributed by atoms with Crippen molar-refractivity contribution in [2.75, 3.05) is 7.11 Å². The fraction of sp³-hybridized carbons (Fsp3) is 0.333. The lowest BCUT2D eigenvalue weighted by molar-refractivity contribution is 0.174. The Morgan fingerprint density at radius 3 is 2.87 bits per heavy atom. The normalized spacial score (nSPS) is 10.5. The fourth-order valence-electron chi connectivity index (χ4n) is 1.05. The summed E-state index contributed by atoms with van der Waals surface area (Å²) in [7, 11) is 1.57. The fourth-order valence-corrected chi connectivity index (χ4v) is 1.05. The van der Waals surface area contributed by atoms with E-state index in [0.717, 1.165) is 5.69 Å². The second kappa shape index (κ2) is 4.14. The number of rotatable bonds is 3. The zero-order chi connectivity index (χ0) is 10.7. The quantitative estimate of drug-likeness (QED) is 0.745. The molecule has 2 aromatic rings. The van der Waals surface area contributed by atoms with Gasteiger partial charge in [-0.1, -0.05) is 5.16 Å². The number of methoxy groups -OCH3 is 1. The molecule has 2 aromatic heterocycles. The first-order valence-electron chi connectivity index (χ1n) is 4.40. The van der Waals surface area contributed by atoms with Crippen LogP contribution in [0.2, 0.25) is 0 Å². The van der Waals surface area contributed by atoms with Crippen LogP contribution in [0, 0.1) is 6.92 Å². The number of aromatic nitrogens is 4. The molecule has 0 aromatic carbocycles. The minimum Gasteiger partial charge on any atom is -0.377 e. The van der Waals surface area contributed by atoms with E-state index < -0.39 is 0 Å².